The van der Waals surface area contributed by atoms with E-state index in [1.165, 1.54) is 25.9 Å². The lowest BCUT2D eigenvalue weighted by molar-refractivity contribution is -0.130. The Labute approximate surface area is 198 Å². The van der Waals surface area contributed by atoms with E-state index >= 15 is 0 Å². The van der Waals surface area contributed by atoms with Crippen molar-refractivity contribution < 1.29 is 38.5 Å². The topological polar surface area (TPSA) is 190 Å². The second-order valence-electron chi connectivity index (χ2n) is 7.05. The number of nitrogens with two attached hydrogens (primary N) is 1. The van der Waals surface area contributed by atoms with Gasteiger partial charge in [-0.25, -0.2) is 9.59 Å². The third kappa shape index (κ3) is 15.2. The van der Waals surface area contributed by atoms with Crippen molar-refractivity contribution in [3.05, 3.63) is 0 Å². The zero-order chi connectivity index (χ0) is 25.2. The molecule has 0 rings (SSSR count). The molecule has 0 aromatic heterocycles. The lowest BCUT2D eigenvalue weighted by Gasteiger charge is -2.20. The van der Waals surface area contributed by atoms with Gasteiger partial charge in [0.25, 0.3) is 0 Å². The Morgan fingerprint density at radius 3 is 2.24 bits per heavy atom. The number of amides is 4. The van der Waals surface area contributed by atoms with Gasteiger partial charge in [0.1, 0.15) is 12.1 Å². The van der Waals surface area contributed by atoms with Gasteiger partial charge >= 0.3 is 12.2 Å². The monoisotopic (exact) mass is 495 g/mol. The van der Waals surface area contributed by atoms with Gasteiger partial charge in [0.15, 0.2) is 0 Å². The van der Waals surface area contributed by atoms with Crippen LogP contribution in [0.5, 0.6) is 0 Å². The van der Waals surface area contributed by atoms with Crippen LogP contribution >= 0.6 is 11.8 Å². The van der Waals surface area contributed by atoms with Crippen LogP contribution in [0.4, 0.5) is 9.59 Å². The molecule has 0 aromatic rings. The van der Waals surface area contributed by atoms with E-state index in [4.69, 9.17) is 19.9 Å². The highest BCUT2D eigenvalue weighted by Gasteiger charge is 2.23. The summed E-state index contributed by atoms with van der Waals surface area (Å²) in [6.45, 7) is 3.72. The lowest BCUT2D eigenvalue weighted by Crippen LogP contribution is -2.54. The van der Waals surface area contributed by atoms with E-state index in [0.717, 1.165) is 0 Å². The molecule has 0 saturated heterocycles. The molecule has 192 valence electrons. The average molecular weight is 496 g/mol. The molecule has 0 aliphatic heterocycles. The average Bonchev–Trinajstić information content (AvgIpc) is 2.78. The van der Waals surface area contributed by atoms with Crippen molar-refractivity contribution in [2.45, 2.75) is 44.6 Å². The Balaban J connectivity index is 4.49. The molecule has 0 radical (unpaired) electrons. The van der Waals surface area contributed by atoms with E-state index in [1.54, 1.807) is 0 Å². The maximum Gasteiger partial charge on any atom is 0.407 e. The minimum atomic E-state index is -1.14. The van der Waals surface area contributed by atoms with E-state index in [-0.39, 0.29) is 31.4 Å². The zero-order valence-corrected chi connectivity index (χ0v) is 20.4. The highest BCUT2D eigenvalue weighted by atomic mass is 32.2. The maximum absolute atomic E-state index is 12.3. The summed E-state index contributed by atoms with van der Waals surface area (Å²) in [5.74, 6) is -0.696. The molecule has 33 heavy (non-hydrogen) atoms. The number of aliphatic hydroxyl groups excluding tert-OH is 1. The molecule has 13 nitrogen and oxygen atoms in total. The molecule has 0 aliphatic rings. The number of aliphatic hydroxyl groups is 1. The summed E-state index contributed by atoms with van der Waals surface area (Å²) in [7, 11) is 2.84. The van der Waals surface area contributed by atoms with Crippen molar-refractivity contribution >= 4 is 35.8 Å². The van der Waals surface area contributed by atoms with E-state index in [0.29, 0.717) is 12.4 Å². The molecule has 0 aromatic carbocycles. The molecular formula is C19H37N5O8S. The fraction of sp³-hybridized carbons (Fsp3) is 0.789. The molecule has 0 saturated carbocycles. The summed E-state index contributed by atoms with van der Waals surface area (Å²) in [6, 6.07) is -2.11. The van der Waals surface area contributed by atoms with Crippen LogP contribution < -0.4 is 27.0 Å². The molecule has 0 heterocycles. The van der Waals surface area contributed by atoms with Gasteiger partial charge in [-0.3, -0.25) is 9.59 Å². The van der Waals surface area contributed by atoms with Crippen LogP contribution in [0.3, 0.4) is 0 Å². The van der Waals surface area contributed by atoms with Crippen LogP contribution in [0.25, 0.3) is 0 Å². The molecule has 14 heteroatoms. The number of thioether (sulfide) groups is 1. The van der Waals surface area contributed by atoms with Crippen molar-refractivity contribution in [2.24, 2.45) is 5.73 Å². The first kappa shape index (κ1) is 30.7. The van der Waals surface area contributed by atoms with Gasteiger partial charge < -0.3 is 46.3 Å². The summed E-state index contributed by atoms with van der Waals surface area (Å²) in [5, 5.41) is 19.0. The first-order valence-corrected chi connectivity index (χ1v) is 11.7. The van der Waals surface area contributed by atoms with E-state index in [9.17, 15) is 24.3 Å². The molecule has 0 bridgehead atoms. The Bertz CT molecular complexity index is 611. The van der Waals surface area contributed by atoms with Gasteiger partial charge in [-0.15, -0.1) is 0 Å². The minimum Gasteiger partial charge on any atom is -0.449 e. The van der Waals surface area contributed by atoms with Crippen LogP contribution in [-0.2, 0) is 23.8 Å². The van der Waals surface area contributed by atoms with Gasteiger partial charge in [-0.2, -0.15) is 11.8 Å². The summed E-state index contributed by atoms with van der Waals surface area (Å²) < 4.78 is 15.4. The number of rotatable bonds is 16. The Morgan fingerprint density at radius 1 is 1.00 bits per heavy atom. The molecule has 0 spiro atoms. The van der Waals surface area contributed by atoms with Crippen molar-refractivity contribution in [1.82, 2.24) is 21.3 Å². The predicted octanol–water partition coefficient (Wildman–Crippen LogP) is -1.46. The molecular weight excluding hydrogens is 458 g/mol. The molecule has 7 N–H and O–H groups in total. The second kappa shape index (κ2) is 18.2. The number of alkyl carbamates (subject to hydrolysis) is 2. The molecule has 0 unspecified atom stereocenters. The summed E-state index contributed by atoms with van der Waals surface area (Å²) in [5.41, 5.74) is 5.88. The first-order chi connectivity index (χ1) is 15.6. The van der Waals surface area contributed by atoms with Crippen molar-refractivity contribution in [1.29, 1.82) is 0 Å². The number of hydrogen-bond donors (Lipinski definition) is 6. The Kier molecular flexibility index (Phi) is 16.9. The van der Waals surface area contributed by atoms with Crippen LogP contribution in [0.15, 0.2) is 0 Å². The van der Waals surface area contributed by atoms with Crippen molar-refractivity contribution in [3.8, 4) is 0 Å². The van der Waals surface area contributed by atoms with Gasteiger partial charge in [0, 0.05) is 38.6 Å². The predicted molar refractivity (Wildman–Crippen MR) is 123 cm³/mol. The zero-order valence-electron chi connectivity index (χ0n) is 19.5. The normalized spacial score (nSPS) is 13.4. The highest BCUT2D eigenvalue weighted by molar-refractivity contribution is 7.99. The number of ether oxygens (including phenoxy) is 3. The van der Waals surface area contributed by atoms with E-state index in [2.05, 4.69) is 21.3 Å². The quantitative estimate of drug-likeness (QED) is 0.138. The van der Waals surface area contributed by atoms with E-state index in [1.807, 2.05) is 13.8 Å². The molecule has 0 aliphatic carbocycles. The van der Waals surface area contributed by atoms with Gasteiger partial charge in [0.05, 0.1) is 32.0 Å². The number of hydrogen-bond acceptors (Lipinski definition) is 10. The van der Waals surface area contributed by atoms with Crippen LogP contribution in [0.2, 0.25) is 0 Å². The fourth-order valence-corrected chi connectivity index (χ4v) is 3.25. The Hall–Kier alpha value is -2.29. The SMILES string of the molecule is CNC(=O)OCC[C@H](CSC[C@H](N)C(=O)N[C@@H](CO)C(=O)NCCOC(C)C)OC(=O)NC. The van der Waals surface area contributed by atoms with Crippen molar-refractivity contribution in [3.63, 3.8) is 0 Å². The Morgan fingerprint density at radius 2 is 1.67 bits per heavy atom. The first-order valence-electron chi connectivity index (χ1n) is 10.5. The third-order valence-corrected chi connectivity index (χ3v) is 5.16. The number of carbonyl (C=O) groups is 4. The maximum atomic E-state index is 12.3. The third-order valence-electron chi connectivity index (χ3n) is 3.96. The standard InChI is InChI=1S/C19H37N5O8S/c1-12(2)30-8-6-23-17(27)15(9-25)24-16(26)14(20)11-33-10-13(32-19(29)22-4)5-7-31-18(28)21-3/h12-15,25H,5-11,20H2,1-4H3,(H,21,28)(H,22,29)(H,23,27)(H,24,26)/t13-,14+,15+/m1/s1. The summed E-state index contributed by atoms with van der Waals surface area (Å²) in [6.07, 6.45) is -1.55. The van der Waals surface area contributed by atoms with Crippen LogP contribution in [0, 0.1) is 0 Å². The van der Waals surface area contributed by atoms with Gasteiger partial charge in [-0.1, -0.05) is 0 Å². The van der Waals surface area contributed by atoms with Gasteiger partial charge in [-0.05, 0) is 13.8 Å². The fourth-order valence-electron chi connectivity index (χ4n) is 2.21. The summed E-state index contributed by atoms with van der Waals surface area (Å²) in [4.78, 5) is 47.0. The van der Waals surface area contributed by atoms with Crippen LogP contribution in [0.1, 0.15) is 20.3 Å². The van der Waals surface area contributed by atoms with Crippen LogP contribution in [-0.4, -0.2) is 105 Å². The summed E-state index contributed by atoms with van der Waals surface area (Å²) >= 11 is 1.25. The number of nitrogens with one attached hydrogen (secondary N) is 4. The van der Waals surface area contributed by atoms with Crippen molar-refractivity contribution in [2.75, 3.05) is 52.0 Å². The van der Waals surface area contributed by atoms with E-state index < -0.39 is 48.8 Å². The lowest BCUT2D eigenvalue weighted by atomic mass is 10.2. The highest BCUT2D eigenvalue weighted by Crippen LogP contribution is 2.11. The minimum absolute atomic E-state index is 0.0236. The smallest absolute Gasteiger partial charge is 0.407 e. The molecule has 3 atom stereocenters. The molecule has 0 fully saturated rings. The number of carbonyl (C=O) groups excluding carboxylic acids is 4. The molecule has 4 amide bonds. The van der Waals surface area contributed by atoms with Gasteiger partial charge in [0.2, 0.25) is 11.8 Å². The second-order valence-corrected chi connectivity index (χ2v) is 8.13. The largest absolute Gasteiger partial charge is 0.449 e.